The second kappa shape index (κ2) is 6.06. The smallest absolute Gasteiger partial charge is 0.337 e. The van der Waals surface area contributed by atoms with Gasteiger partial charge in [0, 0.05) is 18.8 Å². The first-order valence-electron chi connectivity index (χ1n) is 6.17. The molecule has 2 rings (SSSR count). The van der Waals surface area contributed by atoms with Crippen LogP contribution in [0.3, 0.4) is 0 Å². The predicted molar refractivity (Wildman–Crippen MR) is 74.4 cm³/mol. The number of rotatable bonds is 5. The first kappa shape index (κ1) is 13.9. The maximum absolute atomic E-state index is 11.7. The van der Waals surface area contributed by atoms with Gasteiger partial charge in [-0.2, -0.15) is 0 Å². The summed E-state index contributed by atoms with van der Waals surface area (Å²) in [5.74, 6) is -0.283. The molecule has 0 saturated carbocycles. The normalized spacial score (nSPS) is 10.2. The van der Waals surface area contributed by atoms with E-state index in [9.17, 15) is 9.59 Å². The molecule has 104 valence electrons. The van der Waals surface area contributed by atoms with Crippen molar-refractivity contribution in [3.05, 3.63) is 64.1 Å². The fourth-order valence-electron chi connectivity index (χ4n) is 1.91. The minimum atomic E-state index is -1.04. The van der Waals surface area contributed by atoms with Crippen molar-refractivity contribution >= 4 is 5.97 Å². The lowest BCUT2D eigenvalue weighted by molar-refractivity contribution is 0.0696. The van der Waals surface area contributed by atoms with E-state index in [0.29, 0.717) is 13.0 Å². The van der Waals surface area contributed by atoms with Crippen LogP contribution in [0, 0.1) is 0 Å². The largest absolute Gasteiger partial charge is 0.497 e. The van der Waals surface area contributed by atoms with Crippen LogP contribution in [0.5, 0.6) is 5.75 Å². The molecule has 5 heteroatoms. The van der Waals surface area contributed by atoms with Gasteiger partial charge in [-0.05, 0) is 30.2 Å². The number of hydrogen-bond donors (Lipinski definition) is 1. The zero-order valence-corrected chi connectivity index (χ0v) is 11.1. The van der Waals surface area contributed by atoms with Crippen LogP contribution in [0.2, 0.25) is 0 Å². The van der Waals surface area contributed by atoms with Crippen LogP contribution in [0.1, 0.15) is 15.9 Å². The maximum atomic E-state index is 11.7. The highest BCUT2D eigenvalue weighted by Gasteiger charge is 2.05. The summed E-state index contributed by atoms with van der Waals surface area (Å²) in [4.78, 5) is 22.6. The van der Waals surface area contributed by atoms with Gasteiger partial charge in [-0.1, -0.05) is 12.1 Å². The number of aromatic nitrogens is 1. The van der Waals surface area contributed by atoms with Crippen LogP contribution in [0.15, 0.2) is 47.4 Å². The molecule has 0 saturated heterocycles. The van der Waals surface area contributed by atoms with Gasteiger partial charge in [-0.3, -0.25) is 4.79 Å². The zero-order valence-electron chi connectivity index (χ0n) is 11.1. The summed E-state index contributed by atoms with van der Waals surface area (Å²) in [6, 6.07) is 10.1. The summed E-state index contributed by atoms with van der Waals surface area (Å²) in [7, 11) is 1.60. The standard InChI is InChI=1S/C15H15NO4/c1-20-13-4-2-3-11(9-13)7-8-16-10-12(15(18)19)5-6-14(16)17/h2-6,9-10H,7-8H2,1H3,(H,18,19). The van der Waals surface area contributed by atoms with E-state index in [1.54, 1.807) is 7.11 Å². The van der Waals surface area contributed by atoms with E-state index < -0.39 is 5.97 Å². The Balaban J connectivity index is 2.16. The number of carboxylic acids is 1. The van der Waals surface area contributed by atoms with Gasteiger partial charge >= 0.3 is 5.97 Å². The molecule has 1 aromatic carbocycles. The number of hydrogen-bond acceptors (Lipinski definition) is 3. The maximum Gasteiger partial charge on any atom is 0.337 e. The molecule has 0 bridgehead atoms. The van der Waals surface area contributed by atoms with Crippen LogP contribution in [0.25, 0.3) is 0 Å². The van der Waals surface area contributed by atoms with E-state index in [-0.39, 0.29) is 11.1 Å². The first-order valence-corrected chi connectivity index (χ1v) is 6.17. The molecule has 0 amide bonds. The second-order valence-electron chi connectivity index (χ2n) is 4.36. The molecule has 0 spiro atoms. The number of methoxy groups -OCH3 is 1. The number of pyridine rings is 1. The fraction of sp³-hybridized carbons (Fsp3) is 0.200. The van der Waals surface area contributed by atoms with Gasteiger partial charge in [0.15, 0.2) is 0 Å². The topological polar surface area (TPSA) is 68.5 Å². The number of ether oxygens (including phenoxy) is 1. The van der Waals surface area contributed by atoms with Crippen molar-refractivity contribution in [1.82, 2.24) is 4.57 Å². The minimum Gasteiger partial charge on any atom is -0.497 e. The number of benzene rings is 1. The lowest BCUT2D eigenvalue weighted by Gasteiger charge is -2.07. The Kier molecular flexibility index (Phi) is 4.20. The molecule has 1 N–H and O–H groups in total. The first-order chi connectivity index (χ1) is 9.60. The Morgan fingerprint density at radius 1 is 1.30 bits per heavy atom. The van der Waals surface area contributed by atoms with Gasteiger partial charge in [0.1, 0.15) is 5.75 Å². The third-order valence-corrected chi connectivity index (χ3v) is 3.01. The van der Waals surface area contributed by atoms with Crippen molar-refractivity contribution in [3.8, 4) is 5.75 Å². The SMILES string of the molecule is COc1cccc(CCn2cc(C(=O)O)ccc2=O)c1. The highest BCUT2D eigenvalue weighted by atomic mass is 16.5. The van der Waals surface area contributed by atoms with Crippen LogP contribution >= 0.6 is 0 Å². The number of carbonyl (C=O) groups is 1. The molecule has 0 aliphatic rings. The average Bonchev–Trinajstić information content (AvgIpc) is 2.46. The molecule has 20 heavy (non-hydrogen) atoms. The Hall–Kier alpha value is -2.56. The van der Waals surface area contributed by atoms with Gasteiger partial charge in [0.05, 0.1) is 12.7 Å². The Bertz CT molecular complexity index is 676. The number of aromatic carboxylic acids is 1. The summed E-state index contributed by atoms with van der Waals surface area (Å²) < 4.78 is 6.54. The molecule has 5 nitrogen and oxygen atoms in total. The molecule has 1 aromatic heterocycles. The minimum absolute atomic E-state index is 0.107. The number of aryl methyl sites for hydroxylation is 2. The lowest BCUT2D eigenvalue weighted by Crippen LogP contribution is -2.21. The lowest BCUT2D eigenvalue weighted by atomic mass is 10.1. The fourth-order valence-corrected chi connectivity index (χ4v) is 1.91. The number of carboxylic acid groups (broad SMARTS) is 1. The highest BCUT2D eigenvalue weighted by molar-refractivity contribution is 5.87. The van der Waals surface area contributed by atoms with Gasteiger partial charge in [-0.15, -0.1) is 0 Å². The third kappa shape index (κ3) is 3.26. The molecule has 0 fully saturated rings. The average molecular weight is 273 g/mol. The van der Waals surface area contributed by atoms with Crippen molar-refractivity contribution < 1.29 is 14.6 Å². The highest BCUT2D eigenvalue weighted by Crippen LogP contribution is 2.13. The second-order valence-corrected chi connectivity index (χ2v) is 4.36. The molecule has 0 atom stereocenters. The monoisotopic (exact) mass is 273 g/mol. The van der Waals surface area contributed by atoms with Crippen molar-refractivity contribution in [2.75, 3.05) is 7.11 Å². The number of nitrogens with zero attached hydrogens (tertiary/aromatic N) is 1. The van der Waals surface area contributed by atoms with Crippen molar-refractivity contribution in [3.63, 3.8) is 0 Å². The molecular formula is C15H15NO4. The zero-order chi connectivity index (χ0) is 14.5. The Morgan fingerprint density at radius 3 is 2.80 bits per heavy atom. The Labute approximate surface area is 116 Å². The molecule has 0 radical (unpaired) electrons. The third-order valence-electron chi connectivity index (χ3n) is 3.01. The quantitative estimate of drug-likeness (QED) is 0.902. The molecule has 0 aliphatic carbocycles. The summed E-state index contributed by atoms with van der Waals surface area (Å²) in [6.45, 7) is 0.424. The van der Waals surface area contributed by atoms with Crippen LogP contribution in [0.4, 0.5) is 0 Å². The molecule has 0 unspecified atom stereocenters. The molecular weight excluding hydrogens is 258 g/mol. The predicted octanol–water partition coefficient (Wildman–Crippen LogP) is 1.80. The van der Waals surface area contributed by atoms with Crippen molar-refractivity contribution in [2.45, 2.75) is 13.0 Å². The molecule has 2 aromatic rings. The van der Waals surface area contributed by atoms with Crippen LogP contribution in [-0.4, -0.2) is 22.8 Å². The summed E-state index contributed by atoms with van der Waals surface area (Å²) in [6.07, 6.45) is 1.99. The van der Waals surface area contributed by atoms with E-state index >= 15 is 0 Å². The summed E-state index contributed by atoms with van der Waals surface area (Å²) >= 11 is 0. The summed E-state index contributed by atoms with van der Waals surface area (Å²) in [5, 5.41) is 8.92. The van der Waals surface area contributed by atoms with E-state index in [1.807, 2.05) is 24.3 Å². The van der Waals surface area contributed by atoms with Gasteiger partial charge in [-0.25, -0.2) is 4.79 Å². The van der Waals surface area contributed by atoms with Crippen molar-refractivity contribution in [1.29, 1.82) is 0 Å². The molecule has 0 aliphatic heterocycles. The Morgan fingerprint density at radius 2 is 2.10 bits per heavy atom. The van der Waals surface area contributed by atoms with E-state index in [0.717, 1.165) is 11.3 Å². The van der Waals surface area contributed by atoms with Crippen molar-refractivity contribution in [2.24, 2.45) is 0 Å². The van der Waals surface area contributed by atoms with E-state index in [1.165, 1.54) is 22.9 Å². The van der Waals surface area contributed by atoms with E-state index in [4.69, 9.17) is 9.84 Å². The van der Waals surface area contributed by atoms with Crippen LogP contribution in [-0.2, 0) is 13.0 Å². The van der Waals surface area contributed by atoms with Gasteiger partial charge in [0.2, 0.25) is 0 Å². The van der Waals surface area contributed by atoms with E-state index in [2.05, 4.69) is 0 Å². The molecule has 1 heterocycles. The van der Waals surface area contributed by atoms with Gasteiger partial charge in [0.25, 0.3) is 5.56 Å². The summed E-state index contributed by atoms with van der Waals surface area (Å²) in [5.41, 5.74) is 0.921. The van der Waals surface area contributed by atoms with Crippen LogP contribution < -0.4 is 10.3 Å². The van der Waals surface area contributed by atoms with Gasteiger partial charge < -0.3 is 14.4 Å².